The number of aromatic nitrogens is 16. The van der Waals surface area contributed by atoms with Gasteiger partial charge in [0.1, 0.15) is 22.5 Å². The highest BCUT2D eigenvalue weighted by Gasteiger charge is 2.32. The summed E-state index contributed by atoms with van der Waals surface area (Å²) < 4.78 is 22.9. The first-order chi connectivity index (χ1) is 65.0. The SMILES string of the molecule is C.CC(C)(C)OC(=O)NCCCCN(Cc1cn(-c2ccccc2)nn1)C1CCCc2cccnc21.CC(C)(C)OC(=O)NCCCCN(Cc1cn(-c2ccccc2)nn1)C1CCCc2cccnc21.CC(C)(C)OC(=O)NCCCCNC1CCCc2cccnc21.NCCCCN(Cc1cn(-c2ccccc2)nn1)C1CCCc2cccnc21.O=Cc1cn(-c2ccccc2)nn1. The number of carbonyl (C=O) groups is 4. The Hall–Kier alpha value is -12.7. The Labute approximate surface area is 796 Å². The monoisotopic (exact) mass is 1840 g/mol. The third kappa shape index (κ3) is 33.7. The van der Waals surface area contributed by atoms with Gasteiger partial charge >= 0.3 is 18.3 Å². The van der Waals surface area contributed by atoms with E-state index in [-0.39, 0.29) is 37.8 Å². The van der Waals surface area contributed by atoms with Crippen molar-refractivity contribution in [2.45, 2.75) is 259 Å². The molecule has 135 heavy (non-hydrogen) atoms. The van der Waals surface area contributed by atoms with E-state index in [0.717, 1.165) is 195 Å². The van der Waals surface area contributed by atoms with Gasteiger partial charge in [-0.25, -0.2) is 33.1 Å². The molecule has 16 rings (SSSR count). The first kappa shape index (κ1) is 103. The summed E-state index contributed by atoms with van der Waals surface area (Å²) in [5, 5.41) is 46.0. The average molecular weight is 1840 g/mol. The third-order valence-corrected chi connectivity index (χ3v) is 23.1. The van der Waals surface area contributed by atoms with Crippen molar-refractivity contribution in [1.82, 2.24) is 116 Å². The molecule has 31 heteroatoms. The smallest absolute Gasteiger partial charge is 0.407 e. The number of nitrogens with one attached hydrogen (secondary N) is 4. The zero-order chi connectivity index (χ0) is 94.3. The van der Waals surface area contributed by atoms with Crippen molar-refractivity contribution in [1.29, 1.82) is 0 Å². The maximum absolute atomic E-state index is 11.9. The molecule has 0 fully saturated rings. The van der Waals surface area contributed by atoms with Crippen molar-refractivity contribution in [3.63, 3.8) is 0 Å². The molecule has 4 aliphatic rings. The van der Waals surface area contributed by atoms with Crippen molar-refractivity contribution in [3.05, 3.63) is 287 Å². The summed E-state index contributed by atoms with van der Waals surface area (Å²) in [6.45, 7) is 25.3. The topological polar surface area (TPSA) is 354 Å². The number of pyridine rings is 4. The minimum absolute atomic E-state index is 0. The number of hydrogen-bond acceptors (Lipinski definition) is 24. The van der Waals surface area contributed by atoms with Gasteiger partial charge in [0.2, 0.25) is 0 Å². The van der Waals surface area contributed by atoms with Crippen LogP contribution >= 0.6 is 0 Å². The number of aryl methyl sites for hydroxylation is 4. The second kappa shape index (κ2) is 52.8. The van der Waals surface area contributed by atoms with E-state index >= 15 is 0 Å². The van der Waals surface area contributed by atoms with Gasteiger partial charge in [0, 0.05) is 70.1 Å². The summed E-state index contributed by atoms with van der Waals surface area (Å²) in [4.78, 5) is 72.0. The fraction of sp³-hybridized carbons (Fsp3) is 0.462. The van der Waals surface area contributed by atoms with E-state index in [1.807, 2.05) is 265 Å². The Bertz CT molecular complexity index is 5330. The zero-order valence-electron chi connectivity index (χ0n) is 79.5. The van der Waals surface area contributed by atoms with E-state index in [1.165, 1.54) is 57.9 Å². The van der Waals surface area contributed by atoms with Gasteiger partial charge in [-0.3, -0.25) is 39.4 Å². The Morgan fingerprint density at radius 1 is 0.378 bits per heavy atom. The molecule has 4 unspecified atom stereocenters. The number of alkyl carbamates (subject to hydrolysis) is 3. The summed E-state index contributed by atoms with van der Waals surface area (Å²) in [5.74, 6) is 0. The van der Waals surface area contributed by atoms with Crippen molar-refractivity contribution in [3.8, 4) is 22.7 Å². The number of rotatable bonds is 34. The Morgan fingerprint density at radius 2 is 0.674 bits per heavy atom. The maximum atomic E-state index is 11.9. The molecule has 4 aromatic carbocycles. The predicted octanol–water partition coefficient (Wildman–Crippen LogP) is 18.0. The van der Waals surface area contributed by atoms with Crippen molar-refractivity contribution in [2.75, 3.05) is 52.4 Å². The number of carbonyl (C=O) groups excluding carboxylic acids is 4. The molecule has 3 amide bonds. The summed E-state index contributed by atoms with van der Waals surface area (Å²) in [6.07, 6.45) is 36.1. The quantitative estimate of drug-likeness (QED) is 0.0142. The Balaban J connectivity index is 0.000000167. The molecule has 8 heterocycles. The van der Waals surface area contributed by atoms with Crippen LogP contribution in [0.2, 0.25) is 0 Å². The van der Waals surface area contributed by atoms with E-state index in [0.29, 0.717) is 56.8 Å². The van der Waals surface area contributed by atoms with Crippen LogP contribution in [0.3, 0.4) is 0 Å². The maximum Gasteiger partial charge on any atom is 0.407 e. The summed E-state index contributed by atoms with van der Waals surface area (Å²) in [7, 11) is 0. The number of para-hydroxylation sites is 4. The van der Waals surface area contributed by atoms with Gasteiger partial charge in [0.05, 0.1) is 106 Å². The standard InChI is InChI=1S/2C27H36N6O2.C22H28N6.C18H29N3O2.C9H7N3O.CH4/c2*1-27(2,3)35-26(34)29-16-7-8-18-32(24-15-9-11-21-12-10-17-28-25(21)24)19-22-20-33(31-30-22)23-13-5-4-6-14-23;23-13-4-5-15-27(21-12-6-8-18-9-7-14-24-22(18)21)16-19-17-28(26-25-19)20-10-2-1-3-11-20;1-18(2,3)23-17(22)21-12-5-4-11-19-15-10-6-8-14-9-7-13-20-16(14)15;13-7-8-6-12(11-10-8)9-4-2-1-3-5-9;/h2*4-6,10,12-14,17,20,24H,7-9,11,15-16,18-19H2,1-3H3,(H,29,34);1-3,7,9-11,14,17,21H,4-6,8,12-13,15-16,23H2;7,9,13,15,19H,4-6,8,10-12H2,1-3H3,(H,21,22);1-7H;1H4. The van der Waals surface area contributed by atoms with Crippen LogP contribution in [0.4, 0.5) is 14.4 Å². The van der Waals surface area contributed by atoms with Crippen molar-refractivity contribution < 1.29 is 33.4 Å². The lowest BCUT2D eigenvalue weighted by molar-refractivity contribution is 0.0514. The van der Waals surface area contributed by atoms with Crippen LogP contribution < -0.4 is 27.0 Å². The molecule has 4 aliphatic carbocycles. The molecule has 0 bridgehead atoms. The molecule has 0 spiro atoms. The average Bonchev–Trinajstić information content (AvgIpc) is 1.74. The highest BCUT2D eigenvalue weighted by molar-refractivity contribution is 5.71. The molecule has 0 saturated heterocycles. The Kier molecular flexibility index (Phi) is 40.2. The van der Waals surface area contributed by atoms with Gasteiger partial charge in [0.15, 0.2) is 6.29 Å². The van der Waals surface area contributed by atoms with Gasteiger partial charge < -0.3 is 41.2 Å². The van der Waals surface area contributed by atoms with Gasteiger partial charge in [0.25, 0.3) is 0 Å². The van der Waals surface area contributed by atoms with Gasteiger partial charge in [-0.2, -0.15) is 0 Å². The first-order valence-electron chi connectivity index (χ1n) is 47.6. The largest absolute Gasteiger partial charge is 0.444 e. The van der Waals surface area contributed by atoms with Gasteiger partial charge in [-0.05, 0) is 319 Å². The first-order valence-corrected chi connectivity index (χ1v) is 47.6. The number of hydrogen-bond donors (Lipinski definition) is 5. The molecule has 718 valence electrons. The van der Waals surface area contributed by atoms with Crippen LogP contribution in [0, 0.1) is 0 Å². The molecule has 31 nitrogen and oxygen atoms in total. The minimum Gasteiger partial charge on any atom is -0.444 e. The molecular formula is C104H140N24O7. The summed E-state index contributed by atoms with van der Waals surface area (Å²) >= 11 is 0. The van der Waals surface area contributed by atoms with Crippen LogP contribution in [-0.4, -0.2) is 188 Å². The molecule has 0 aliphatic heterocycles. The normalized spacial score (nSPS) is 15.4. The number of benzene rings is 4. The lowest BCUT2D eigenvalue weighted by Crippen LogP contribution is -2.34. The molecule has 8 aromatic heterocycles. The van der Waals surface area contributed by atoms with Crippen molar-refractivity contribution >= 4 is 24.6 Å². The van der Waals surface area contributed by atoms with Crippen molar-refractivity contribution in [2.24, 2.45) is 5.73 Å². The second-order valence-electron chi connectivity index (χ2n) is 37.1. The van der Waals surface area contributed by atoms with E-state index in [9.17, 15) is 19.2 Å². The molecule has 12 aromatic rings. The fourth-order valence-corrected chi connectivity index (χ4v) is 16.9. The van der Waals surface area contributed by atoms with Gasteiger partial charge in [-0.1, -0.05) is 125 Å². The van der Waals surface area contributed by atoms with Crippen LogP contribution in [0.25, 0.3) is 22.7 Å². The highest BCUT2D eigenvalue weighted by Crippen LogP contribution is 2.38. The number of amides is 3. The minimum atomic E-state index is -0.487. The van der Waals surface area contributed by atoms with Crippen LogP contribution in [0.5, 0.6) is 0 Å². The second-order valence-corrected chi connectivity index (χ2v) is 37.1. The molecule has 4 atom stereocenters. The van der Waals surface area contributed by atoms with Gasteiger partial charge in [-0.15, -0.1) is 20.4 Å². The lowest BCUT2D eigenvalue weighted by atomic mass is 9.90. The summed E-state index contributed by atoms with van der Waals surface area (Å²) in [6, 6.07) is 57.8. The van der Waals surface area contributed by atoms with E-state index in [2.05, 4.69) is 106 Å². The Morgan fingerprint density at radius 3 is 1.00 bits per heavy atom. The predicted molar refractivity (Wildman–Crippen MR) is 525 cm³/mol. The number of unbranched alkanes of at least 4 members (excludes halogenated alkanes) is 4. The van der Waals surface area contributed by atoms with E-state index in [4.69, 9.17) is 34.9 Å². The van der Waals surface area contributed by atoms with Crippen LogP contribution in [0.15, 0.2) is 219 Å². The van der Waals surface area contributed by atoms with Crippen LogP contribution in [-0.2, 0) is 59.5 Å². The van der Waals surface area contributed by atoms with E-state index in [1.54, 1.807) is 10.9 Å². The number of nitrogens with zero attached hydrogens (tertiary/aromatic N) is 19. The lowest BCUT2D eigenvalue weighted by Gasteiger charge is -2.34. The molecule has 0 radical (unpaired) electrons. The molecule has 6 N–H and O–H groups in total. The summed E-state index contributed by atoms with van der Waals surface area (Å²) in [5.41, 5.74) is 21.7. The zero-order valence-corrected chi connectivity index (χ0v) is 79.5. The highest BCUT2D eigenvalue weighted by atomic mass is 16.6. The number of fused-ring (bicyclic) bond motifs is 4. The van der Waals surface area contributed by atoms with Crippen LogP contribution in [0.1, 0.15) is 269 Å². The third-order valence-electron chi connectivity index (χ3n) is 23.1. The fourth-order valence-electron chi connectivity index (χ4n) is 16.9. The number of aldehydes is 1. The molecular weight excluding hydrogens is 1700 g/mol. The number of nitrogens with two attached hydrogens (primary N) is 1. The number of ether oxygens (including phenoxy) is 3. The molecule has 0 saturated carbocycles. The van der Waals surface area contributed by atoms with E-state index < -0.39 is 16.8 Å².